The van der Waals surface area contributed by atoms with Crippen molar-refractivity contribution in [3.05, 3.63) is 18.0 Å². The third-order valence-corrected chi connectivity index (χ3v) is 1.18. The quantitative estimate of drug-likeness (QED) is 0.577. The minimum Gasteiger partial charge on any atom is -0.275 e. The fraction of sp³-hybridized carbons (Fsp3) is 0.571. The van der Waals surface area contributed by atoms with Crippen molar-refractivity contribution in [1.82, 2.24) is 9.78 Å². The van der Waals surface area contributed by atoms with Gasteiger partial charge in [0.05, 0.1) is 5.69 Å². The van der Waals surface area contributed by atoms with Gasteiger partial charge in [0.25, 0.3) is 0 Å². The number of hydrogen-bond acceptors (Lipinski definition) is 1. The average molecular weight is 123 g/mol. The molecular formula is C7H11N2. The van der Waals surface area contributed by atoms with Crippen molar-refractivity contribution in [2.45, 2.75) is 19.8 Å². The molecule has 2 heteroatoms. The van der Waals surface area contributed by atoms with Crippen molar-refractivity contribution in [2.24, 2.45) is 7.05 Å². The maximum atomic E-state index is 4.16. The zero-order valence-corrected chi connectivity index (χ0v) is 5.89. The lowest BCUT2D eigenvalue weighted by atomic mass is 10.3. The first-order valence-electron chi connectivity index (χ1n) is 3.23. The van der Waals surface area contributed by atoms with Crippen LogP contribution in [-0.4, -0.2) is 9.78 Å². The van der Waals surface area contributed by atoms with Gasteiger partial charge in [0.15, 0.2) is 0 Å². The van der Waals surface area contributed by atoms with Crippen molar-refractivity contribution in [3.8, 4) is 0 Å². The van der Waals surface area contributed by atoms with Crippen molar-refractivity contribution in [3.63, 3.8) is 0 Å². The second-order valence-corrected chi connectivity index (χ2v) is 2.14. The number of aromatic nitrogens is 2. The Morgan fingerprint density at radius 3 is 3.00 bits per heavy atom. The van der Waals surface area contributed by atoms with Gasteiger partial charge in [-0.2, -0.15) is 5.10 Å². The van der Waals surface area contributed by atoms with Gasteiger partial charge in [0.2, 0.25) is 0 Å². The van der Waals surface area contributed by atoms with Crippen LogP contribution in [0.15, 0.2) is 6.20 Å². The molecule has 0 unspecified atom stereocenters. The average Bonchev–Trinajstić information content (AvgIpc) is 2.17. The number of aryl methyl sites for hydroxylation is 2. The highest BCUT2D eigenvalue weighted by atomic mass is 15.2. The molecule has 1 rings (SSSR count). The summed E-state index contributed by atoms with van der Waals surface area (Å²) in [5.41, 5.74) is 1.07. The molecule has 2 nitrogen and oxygen atoms in total. The summed E-state index contributed by atoms with van der Waals surface area (Å²) in [7, 11) is 1.91. The lowest BCUT2D eigenvalue weighted by Crippen LogP contribution is -1.89. The fourth-order valence-corrected chi connectivity index (χ4v) is 0.775. The van der Waals surface area contributed by atoms with E-state index in [1.165, 1.54) is 0 Å². The summed E-state index contributed by atoms with van der Waals surface area (Å²) in [4.78, 5) is 0. The molecule has 9 heavy (non-hydrogen) atoms. The van der Waals surface area contributed by atoms with E-state index in [-0.39, 0.29) is 0 Å². The molecule has 0 atom stereocenters. The van der Waals surface area contributed by atoms with E-state index in [0.717, 1.165) is 18.5 Å². The Labute approximate surface area is 55.5 Å². The van der Waals surface area contributed by atoms with Crippen LogP contribution in [-0.2, 0) is 13.5 Å². The number of hydrogen-bond donors (Lipinski definition) is 0. The van der Waals surface area contributed by atoms with E-state index in [4.69, 9.17) is 0 Å². The fourth-order valence-electron chi connectivity index (χ4n) is 0.775. The first-order chi connectivity index (χ1) is 4.33. The Balaban J connectivity index is 2.61. The highest BCUT2D eigenvalue weighted by molar-refractivity contribution is 4.95. The molecule has 0 aromatic carbocycles. The van der Waals surface area contributed by atoms with Crippen LogP contribution in [0, 0.1) is 6.07 Å². The molecule has 1 aromatic heterocycles. The van der Waals surface area contributed by atoms with Gasteiger partial charge in [-0.15, -0.1) is 0 Å². The van der Waals surface area contributed by atoms with Gasteiger partial charge in [0.1, 0.15) is 0 Å². The van der Waals surface area contributed by atoms with Crippen LogP contribution >= 0.6 is 0 Å². The van der Waals surface area contributed by atoms with Gasteiger partial charge in [-0.05, 0) is 6.42 Å². The molecule has 0 N–H and O–H groups in total. The maximum absolute atomic E-state index is 4.16. The van der Waals surface area contributed by atoms with Gasteiger partial charge in [-0.1, -0.05) is 13.3 Å². The molecule has 0 saturated heterocycles. The minimum absolute atomic E-state index is 1.04. The molecule has 1 aromatic rings. The molecule has 49 valence electrons. The molecule has 0 aliphatic carbocycles. The molecule has 1 radical (unpaired) electrons. The molecule has 0 aliphatic rings. The van der Waals surface area contributed by atoms with Crippen molar-refractivity contribution in [2.75, 3.05) is 0 Å². The van der Waals surface area contributed by atoms with Gasteiger partial charge in [-0.3, -0.25) is 4.68 Å². The summed E-state index contributed by atoms with van der Waals surface area (Å²) in [6, 6.07) is 3.06. The molecule has 0 fully saturated rings. The van der Waals surface area contributed by atoms with Crippen LogP contribution in [0.1, 0.15) is 19.0 Å². The SMILES string of the molecule is CCCc1[c]cn(C)n1. The predicted molar refractivity (Wildman–Crippen MR) is 36.0 cm³/mol. The van der Waals surface area contributed by atoms with Gasteiger partial charge < -0.3 is 0 Å². The smallest absolute Gasteiger partial charge is 0.0704 e. The van der Waals surface area contributed by atoms with Gasteiger partial charge in [-0.25, -0.2) is 0 Å². The Kier molecular flexibility index (Phi) is 1.88. The summed E-state index contributed by atoms with van der Waals surface area (Å²) < 4.78 is 1.78. The van der Waals surface area contributed by atoms with Crippen molar-refractivity contribution < 1.29 is 0 Å². The second-order valence-electron chi connectivity index (χ2n) is 2.14. The normalized spacial score (nSPS) is 10.0. The molecular weight excluding hydrogens is 112 g/mol. The number of nitrogens with zero attached hydrogens (tertiary/aromatic N) is 2. The van der Waals surface area contributed by atoms with Crippen molar-refractivity contribution in [1.29, 1.82) is 0 Å². The van der Waals surface area contributed by atoms with E-state index in [1.54, 1.807) is 4.68 Å². The second kappa shape index (κ2) is 2.67. The van der Waals surface area contributed by atoms with E-state index >= 15 is 0 Å². The molecule has 0 spiro atoms. The predicted octanol–water partition coefficient (Wildman–Crippen LogP) is 1.17. The van der Waals surface area contributed by atoms with Crippen molar-refractivity contribution >= 4 is 0 Å². The third-order valence-electron chi connectivity index (χ3n) is 1.18. The first kappa shape index (κ1) is 6.33. The van der Waals surface area contributed by atoms with Crippen LogP contribution in [0.5, 0.6) is 0 Å². The minimum atomic E-state index is 1.04. The third kappa shape index (κ3) is 1.56. The topological polar surface area (TPSA) is 17.8 Å². The summed E-state index contributed by atoms with van der Waals surface area (Å²) in [6.45, 7) is 2.14. The Morgan fingerprint density at radius 1 is 1.78 bits per heavy atom. The monoisotopic (exact) mass is 123 g/mol. The Morgan fingerprint density at radius 2 is 2.56 bits per heavy atom. The summed E-state index contributed by atoms with van der Waals surface area (Å²) in [5.74, 6) is 0. The maximum Gasteiger partial charge on any atom is 0.0704 e. The zero-order valence-electron chi connectivity index (χ0n) is 5.89. The largest absolute Gasteiger partial charge is 0.275 e. The van der Waals surface area contributed by atoms with Crippen LogP contribution in [0.4, 0.5) is 0 Å². The van der Waals surface area contributed by atoms with E-state index in [1.807, 2.05) is 13.2 Å². The van der Waals surface area contributed by atoms with E-state index in [9.17, 15) is 0 Å². The summed E-state index contributed by atoms with van der Waals surface area (Å²) >= 11 is 0. The van der Waals surface area contributed by atoms with Crippen LogP contribution in [0.25, 0.3) is 0 Å². The Hall–Kier alpha value is -0.790. The van der Waals surface area contributed by atoms with Gasteiger partial charge >= 0.3 is 0 Å². The highest BCUT2D eigenvalue weighted by Crippen LogP contribution is 1.95. The standard InChI is InChI=1S/C7H11N2/c1-3-4-7-5-6-9(2)8-7/h6H,3-4H2,1-2H3. The van der Waals surface area contributed by atoms with Crippen LogP contribution in [0.3, 0.4) is 0 Å². The lowest BCUT2D eigenvalue weighted by molar-refractivity contribution is 0.733. The van der Waals surface area contributed by atoms with E-state index in [0.29, 0.717) is 0 Å². The Bertz CT molecular complexity index is 179. The lowest BCUT2D eigenvalue weighted by Gasteiger charge is -1.87. The zero-order chi connectivity index (χ0) is 6.69. The molecule has 0 amide bonds. The number of rotatable bonds is 2. The van der Waals surface area contributed by atoms with Gasteiger partial charge in [0, 0.05) is 19.3 Å². The molecule has 1 heterocycles. The van der Waals surface area contributed by atoms with E-state index in [2.05, 4.69) is 18.1 Å². The molecule has 0 bridgehead atoms. The first-order valence-corrected chi connectivity index (χ1v) is 3.23. The highest BCUT2D eigenvalue weighted by Gasteiger charge is 1.92. The molecule has 0 saturated carbocycles. The molecule has 0 aliphatic heterocycles. The van der Waals surface area contributed by atoms with E-state index < -0.39 is 0 Å². The summed E-state index contributed by atoms with van der Waals surface area (Å²) in [6.07, 6.45) is 4.04. The van der Waals surface area contributed by atoms with Crippen LogP contribution < -0.4 is 0 Å². The summed E-state index contributed by atoms with van der Waals surface area (Å²) in [5, 5.41) is 4.16. The van der Waals surface area contributed by atoms with Crippen LogP contribution in [0.2, 0.25) is 0 Å².